The van der Waals surface area contributed by atoms with E-state index in [1.54, 1.807) is 0 Å². The summed E-state index contributed by atoms with van der Waals surface area (Å²) in [5.41, 5.74) is 2.19. The lowest BCUT2D eigenvalue weighted by Crippen LogP contribution is -2.09. The summed E-state index contributed by atoms with van der Waals surface area (Å²) >= 11 is 0. The van der Waals surface area contributed by atoms with Crippen LogP contribution in [0.1, 0.15) is 11.1 Å². The second kappa shape index (κ2) is 6.36. The molecule has 6 nitrogen and oxygen atoms in total. The van der Waals surface area contributed by atoms with Gasteiger partial charge in [-0.15, -0.1) is 0 Å². The third-order valence-corrected chi connectivity index (χ3v) is 3.60. The maximum absolute atomic E-state index is 11.9. The summed E-state index contributed by atoms with van der Waals surface area (Å²) in [6.45, 7) is 1.97. The maximum atomic E-state index is 11.9. The van der Waals surface area contributed by atoms with Gasteiger partial charge in [0.05, 0.1) is 30.6 Å². The summed E-state index contributed by atoms with van der Waals surface area (Å²) < 4.78 is 31.0. The average Bonchev–Trinajstić information content (AvgIpc) is 2.47. The molecular formula is C14H15N3O3S. The van der Waals surface area contributed by atoms with Crippen LogP contribution in [-0.4, -0.2) is 25.5 Å². The van der Waals surface area contributed by atoms with Crippen molar-refractivity contribution in [3.63, 3.8) is 0 Å². The van der Waals surface area contributed by atoms with Crippen molar-refractivity contribution in [3.05, 3.63) is 53.2 Å². The number of sulfonamides is 1. The molecule has 7 heteroatoms. The van der Waals surface area contributed by atoms with Gasteiger partial charge < -0.3 is 4.74 Å². The summed E-state index contributed by atoms with van der Waals surface area (Å²) in [4.78, 5) is 7.65. The normalized spacial score (nSPS) is 11.5. The van der Waals surface area contributed by atoms with Gasteiger partial charge in [-0.2, -0.15) is 0 Å². The van der Waals surface area contributed by atoms with Crippen LogP contribution in [0.15, 0.2) is 42.1 Å². The highest BCUT2D eigenvalue weighted by Crippen LogP contribution is 2.11. The van der Waals surface area contributed by atoms with Crippen LogP contribution in [0.5, 0.6) is 6.01 Å². The Balaban J connectivity index is 2.08. The third-order valence-electron chi connectivity index (χ3n) is 2.59. The van der Waals surface area contributed by atoms with Crippen LogP contribution in [0.4, 0.5) is 5.69 Å². The van der Waals surface area contributed by atoms with Crippen molar-refractivity contribution < 1.29 is 13.2 Å². The molecule has 0 fully saturated rings. The van der Waals surface area contributed by atoms with Crippen LogP contribution in [0.2, 0.25) is 0 Å². The molecule has 2 rings (SSSR count). The number of ether oxygens (including phenoxy) is 1. The molecule has 2 aromatic rings. The summed E-state index contributed by atoms with van der Waals surface area (Å²) in [5, 5.41) is 1.10. The molecule has 0 bridgehead atoms. The highest BCUT2D eigenvalue weighted by Gasteiger charge is 2.06. The minimum atomic E-state index is -3.61. The largest absolute Gasteiger partial charge is 0.467 e. The quantitative estimate of drug-likeness (QED) is 0.916. The molecule has 1 aromatic carbocycles. The first-order valence-electron chi connectivity index (χ1n) is 6.12. The number of methoxy groups -OCH3 is 1. The second-order valence-electron chi connectivity index (χ2n) is 4.32. The fourth-order valence-corrected chi connectivity index (χ4v) is 2.36. The fourth-order valence-electron chi connectivity index (χ4n) is 1.52. The SMILES string of the molecule is COc1ncc(NS(=O)(=O)/C=C/c2ccc(C)cc2)cn1. The van der Waals surface area contributed by atoms with Crippen molar-refractivity contribution in [2.45, 2.75) is 6.92 Å². The predicted molar refractivity (Wildman–Crippen MR) is 81.3 cm³/mol. The Morgan fingerprint density at radius 2 is 1.76 bits per heavy atom. The molecule has 0 saturated carbocycles. The van der Waals surface area contributed by atoms with Crippen molar-refractivity contribution in [3.8, 4) is 6.01 Å². The first kappa shape index (κ1) is 15.0. The van der Waals surface area contributed by atoms with Gasteiger partial charge in [0.25, 0.3) is 10.0 Å². The number of aryl methyl sites for hydroxylation is 1. The van der Waals surface area contributed by atoms with Crippen LogP contribution in [-0.2, 0) is 10.0 Å². The van der Waals surface area contributed by atoms with E-state index in [9.17, 15) is 8.42 Å². The van der Waals surface area contributed by atoms with E-state index in [0.29, 0.717) is 0 Å². The zero-order valence-corrected chi connectivity index (χ0v) is 12.5. The Kier molecular flexibility index (Phi) is 4.54. The summed E-state index contributed by atoms with van der Waals surface area (Å²) in [7, 11) is -2.18. The monoisotopic (exact) mass is 305 g/mol. The molecule has 0 aliphatic carbocycles. The van der Waals surface area contributed by atoms with Crippen molar-refractivity contribution in [2.24, 2.45) is 0 Å². The molecule has 0 unspecified atom stereocenters. The van der Waals surface area contributed by atoms with Gasteiger partial charge in [0, 0.05) is 0 Å². The molecule has 0 amide bonds. The van der Waals surface area contributed by atoms with Gasteiger partial charge in [0.2, 0.25) is 0 Å². The first-order chi connectivity index (χ1) is 9.98. The van der Waals surface area contributed by atoms with E-state index in [-0.39, 0.29) is 11.7 Å². The number of rotatable bonds is 5. The van der Waals surface area contributed by atoms with Gasteiger partial charge in [-0.25, -0.2) is 18.4 Å². The number of hydrogen-bond donors (Lipinski definition) is 1. The zero-order valence-electron chi connectivity index (χ0n) is 11.6. The molecule has 21 heavy (non-hydrogen) atoms. The molecule has 0 aliphatic rings. The van der Waals surface area contributed by atoms with E-state index in [4.69, 9.17) is 4.74 Å². The standard InChI is InChI=1S/C14H15N3O3S/c1-11-3-5-12(6-4-11)7-8-21(18,19)17-13-9-15-14(20-2)16-10-13/h3-10,17H,1-2H3/b8-7+. The van der Waals surface area contributed by atoms with Gasteiger partial charge in [0.15, 0.2) is 0 Å². The predicted octanol–water partition coefficient (Wildman–Crippen LogP) is 2.21. The van der Waals surface area contributed by atoms with E-state index >= 15 is 0 Å². The van der Waals surface area contributed by atoms with Crippen molar-refractivity contribution in [2.75, 3.05) is 11.8 Å². The molecule has 110 valence electrons. The van der Waals surface area contributed by atoms with Crippen LogP contribution >= 0.6 is 0 Å². The molecule has 0 radical (unpaired) electrons. The van der Waals surface area contributed by atoms with E-state index in [1.165, 1.54) is 25.6 Å². The Labute approximate surface area is 123 Å². The molecular weight excluding hydrogens is 290 g/mol. The maximum Gasteiger partial charge on any atom is 0.316 e. The Morgan fingerprint density at radius 1 is 1.14 bits per heavy atom. The molecule has 0 atom stereocenters. The third kappa shape index (κ3) is 4.57. The van der Waals surface area contributed by atoms with E-state index < -0.39 is 10.0 Å². The van der Waals surface area contributed by atoms with E-state index in [2.05, 4.69) is 14.7 Å². The Morgan fingerprint density at radius 3 is 2.33 bits per heavy atom. The first-order valence-corrected chi connectivity index (χ1v) is 7.67. The lowest BCUT2D eigenvalue weighted by molar-refractivity contribution is 0.380. The minimum absolute atomic E-state index is 0.174. The fraction of sp³-hybridized carbons (Fsp3) is 0.143. The lowest BCUT2D eigenvalue weighted by Gasteiger charge is -2.04. The van der Waals surface area contributed by atoms with Crippen LogP contribution in [0.25, 0.3) is 6.08 Å². The minimum Gasteiger partial charge on any atom is -0.467 e. The number of aromatic nitrogens is 2. The number of nitrogens with zero attached hydrogens (tertiary/aromatic N) is 2. The summed E-state index contributed by atoms with van der Waals surface area (Å²) in [5.74, 6) is 0. The Hall–Kier alpha value is -2.41. The van der Waals surface area contributed by atoms with Crippen molar-refractivity contribution in [1.82, 2.24) is 9.97 Å². The summed E-state index contributed by atoms with van der Waals surface area (Å²) in [6, 6.07) is 7.69. The topological polar surface area (TPSA) is 81.2 Å². The van der Waals surface area contributed by atoms with Gasteiger partial charge in [0.1, 0.15) is 0 Å². The molecule has 0 saturated heterocycles. The van der Waals surface area contributed by atoms with Gasteiger partial charge in [-0.05, 0) is 18.6 Å². The molecule has 1 heterocycles. The van der Waals surface area contributed by atoms with Crippen LogP contribution in [0, 0.1) is 6.92 Å². The number of nitrogens with one attached hydrogen (secondary N) is 1. The highest BCUT2D eigenvalue weighted by atomic mass is 32.2. The van der Waals surface area contributed by atoms with E-state index in [0.717, 1.165) is 16.5 Å². The molecule has 0 aliphatic heterocycles. The average molecular weight is 305 g/mol. The van der Waals surface area contributed by atoms with Gasteiger partial charge in [-0.1, -0.05) is 29.8 Å². The van der Waals surface area contributed by atoms with Crippen LogP contribution in [0.3, 0.4) is 0 Å². The Bertz CT molecular complexity index is 723. The number of anilines is 1. The summed E-state index contributed by atoms with van der Waals surface area (Å²) in [6.07, 6.45) is 4.19. The second-order valence-corrected chi connectivity index (χ2v) is 5.89. The van der Waals surface area contributed by atoms with Gasteiger partial charge >= 0.3 is 6.01 Å². The molecule has 1 aromatic heterocycles. The van der Waals surface area contributed by atoms with Crippen LogP contribution < -0.4 is 9.46 Å². The van der Waals surface area contributed by atoms with Crippen molar-refractivity contribution in [1.29, 1.82) is 0 Å². The zero-order chi connectivity index (χ0) is 15.3. The number of benzene rings is 1. The molecule has 1 N–H and O–H groups in total. The number of hydrogen-bond acceptors (Lipinski definition) is 5. The lowest BCUT2D eigenvalue weighted by atomic mass is 10.2. The van der Waals surface area contributed by atoms with Crippen molar-refractivity contribution >= 4 is 21.8 Å². The smallest absolute Gasteiger partial charge is 0.316 e. The molecule has 0 spiro atoms. The van der Waals surface area contributed by atoms with E-state index in [1.807, 2.05) is 31.2 Å². The highest BCUT2D eigenvalue weighted by molar-refractivity contribution is 7.95. The van der Waals surface area contributed by atoms with Gasteiger partial charge in [-0.3, -0.25) is 4.72 Å².